The van der Waals surface area contributed by atoms with Crippen molar-refractivity contribution in [1.82, 2.24) is 15.5 Å². The molecule has 1 aliphatic carbocycles. The molecule has 6 heteroatoms. The van der Waals surface area contributed by atoms with E-state index in [9.17, 15) is 9.59 Å². The lowest BCUT2D eigenvalue weighted by Crippen LogP contribution is -2.34. The lowest BCUT2D eigenvalue weighted by atomic mass is 9.92. The van der Waals surface area contributed by atoms with Crippen LogP contribution in [-0.4, -0.2) is 56.0 Å². The van der Waals surface area contributed by atoms with Crippen LogP contribution in [0.5, 0.6) is 0 Å². The maximum atomic E-state index is 12.6. The van der Waals surface area contributed by atoms with E-state index in [-0.39, 0.29) is 23.1 Å². The lowest BCUT2D eigenvalue weighted by Gasteiger charge is -2.23. The minimum absolute atomic E-state index is 0.0935. The van der Waals surface area contributed by atoms with Crippen LogP contribution in [0.2, 0.25) is 0 Å². The fourth-order valence-electron chi connectivity index (χ4n) is 4.13. The third kappa shape index (κ3) is 4.87. The molecule has 1 saturated heterocycles. The van der Waals surface area contributed by atoms with Gasteiger partial charge in [-0.25, -0.2) is 0 Å². The van der Waals surface area contributed by atoms with E-state index in [1.165, 1.54) is 0 Å². The average Bonchev–Trinajstić information content (AvgIpc) is 3.39. The number of hydrogen-bond acceptors (Lipinski definition) is 4. The van der Waals surface area contributed by atoms with Gasteiger partial charge in [0.15, 0.2) is 0 Å². The molecule has 0 bridgehead atoms. The Labute approximate surface area is 162 Å². The third-order valence-electron chi connectivity index (χ3n) is 6.11. The van der Waals surface area contributed by atoms with Crippen molar-refractivity contribution in [3.63, 3.8) is 0 Å². The summed E-state index contributed by atoms with van der Waals surface area (Å²) in [6.07, 6.45) is 3.16. The van der Waals surface area contributed by atoms with Gasteiger partial charge in [-0.2, -0.15) is 0 Å². The number of hydrogen-bond donors (Lipinski definition) is 3. The number of benzene rings is 1. The van der Waals surface area contributed by atoms with E-state index in [1.807, 2.05) is 12.1 Å². The Hall–Kier alpha value is -1.92. The van der Waals surface area contributed by atoms with Crippen LogP contribution in [-0.2, 0) is 4.79 Å². The average molecular weight is 373 g/mol. The molecule has 3 rings (SSSR count). The molecule has 6 nitrogen and oxygen atoms in total. The monoisotopic (exact) mass is 372 g/mol. The second-order valence-electron chi connectivity index (χ2n) is 7.72. The number of carbonyl (C=O) groups is 2. The molecular weight excluding hydrogens is 340 g/mol. The number of rotatable bonds is 8. The smallest absolute Gasteiger partial charge is 0.251 e. The predicted octanol–water partition coefficient (Wildman–Crippen LogP) is 2.09. The third-order valence-corrected chi connectivity index (χ3v) is 6.11. The van der Waals surface area contributed by atoms with Crippen molar-refractivity contribution in [3.8, 4) is 0 Å². The zero-order chi connectivity index (χ0) is 19.3. The highest BCUT2D eigenvalue weighted by Crippen LogP contribution is 2.58. The zero-order valence-electron chi connectivity index (χ0n) is 16.5. The molecule has 27 heavy (non-hydrogen) atoms. The molecule has 1 spiro atoms. The van der Waals surface area contributed by atoms with Crippen molar-refractivity contribution in [2.24, 2.45) is 11.3 Å². The normalized spacial score (nSPS) is 20.5. The first-order valence-corrected chi connectivity index (χ1v) is 10.2. The molecule has 1 aromatic rings. The SMILES string of the molecule is CCN(CC)CCNC(=O)c1cccc(NC(=O)C2CC23CCNCC3)c1. The highest BCUT2D eigenvalue weighted by Gasteiger charge is 2.57. The first-order valence-electron chi connectivity index (χ1n) is 10.2. The fraction of sp³-hybridized carbons (Fsp3) is 0.619. The van der Waals surface area contributed by atoms with Crippen LogP contribution in [0, 0.1) is 11.3 Å². The van der Waals surface area contributed by atoms with Crippen molar-refractivity contribution < 1.29 is 9.59 Å². The predicted molar refractivity (Wildman–Crippen MR) is 108 cm³/mol. The van der Waals surface area contributed by atoms with Crippen LogP contribution in [0.25, 0.3) is 0 Å². The van der Waals surface area contributed by atoms with Crippen LogP contribution in [0.15, 0.2) is 24.3 Å². The number of nitrogens with zero attached hydrogens (tertiary/aromatic N) is 1. The summed E-state index contributed by atoms with van der Waals surface area (Å²) >= 11 is 0. The van der Waals surface area contributed by atoms with E-state index in [1.54, 1.807) is 12.1 Å². The van der Waals surface area contributed by atoms with Gasteiger partial charge in [-0.3, -0.25) is 9.59 Å². The molecule has 1 heterocycles. The molecule has 3 N–H and O–H groups in total. The summed E-state index contributed by atoms with van der Waals surface area (Å²) < 4.78 is 0. The summed E-state index contributed by atoms with van der Waals surface area (Å²) in [6, 6.07) is 7.22. The van der Waals surface area contributed by atoms with Gasteiger partial charge >= 0.3 is 0 Å². The van der Waals surface area contributed by atoms with Gasteiger partial charge < -0.3 is 20.9 Å². The molecule has 2 amide bonds. The van der Waals surface area contributed by atoms with Crippen molar-refractivity contribution >= 4 is 17.5 Å². The molecule has 1 atom stereocenters. The Balaban J connectivity index is 1.51. The van der Waals surface area contributed by atoms with Crippen LogP contribution >= 0.6 is 0 Å². The quantitative estimate of drug-likeness (QED) is 0.653. The standard InChI is InChI=1S/C21H32N4O2/c1-3-25(4-2)13-12-23-19(26)16-6-5-7-17(14-16)24-20(27)18-15-21(18)8-10-22-11-9-21/h5-7,14,18,22H,3-4,8-13,15H2,1-2H3,(H,23,26)(H,24,27). The number of piperidine rings is 1. The molecule has 1 saturated carbocycles. The van der Waals surface area contributed by atoms with Crippen LogP contribution in [0.1, 0.15) is 43.5 Å². The minimum atomic E-state index is -0.0977. The first-order chi connectivity index (χ1) is 13.1. The molecular formula is C21H32N4O2. The maximum absolute atomic E-state index is 12.6. The van der Waals surface area contributed by atoms with Gasteiger partial charge in [0.1, 0.15) is 0 Å². The molecule has 0 radical (unpaired) electrons. The Bertz CT molecular complexity index is 666. The molecule has 2 aliphatic rings. The lowest BCUT2D eigenvalue weighted by molar-refractivity contribution is -0.118. The molecule has 148 valence electrons. The van der Waals surface area contributed by atoms with Gasteiger partial charge in [0.05, 0.1) is 0 Å². The van der Waals surface area contributed by atoms with Crippen molar-refractivity contribution in [2.75, 3.05) is 44.6 Å². The summed E-state index contributed by atoms with van der Waals surface area (Å²) in [5, 5.41) is 9.34. The fourth-order valence-corrected chi connectivity index (χ4v) is 4.13. The van der Waals surface area contributed by atoms with Crippen LogP contribution < -0.4 is 16.0 Å². The first kappa shape index (κ1) is 19.8. The molecule has 1 unspecified atom stereocenters. The largest absolute Gasteiger partial charge is 0.351 e. The van der Waals surface area contributed by atoms with E-state index in [0.29, 0.717) is 17.8 Å². The molecule has 1 aromatic carbocycles. The number of amides is 2. The molecule has 0 aromatic heterocycles. The molecule has 1 aliphatic heterocycles. The van der Waals surface area contributed by atoms with Gasteiger partial charge in [0.25, 0.3) is 5.91 Å². The van der Waals surface area contributed by atoms with Gasteiger partial charge in [0.2, 0.25) is 5.91 Å². The second-order valence-corrected chi connectivity index (χ2v) is 7.72. The molecule has 2 fully saturated rings. The highest BCUT2D eigenvalue weighted by atomic mass is 16.2. The summed E-state index contributed by atoms with van der Waals surface area (Å²) in [7, 11) is 0. The van der Waals surface area contributed by atoms with E-state index >= 15 is 0 Å². The van der Waals surface area contributed by atoms with E-state index in [2.05, 4.69) is 34.7 Å². The van der Waals surface area contributed by atoms with Gasteiger partial charge in [-0.1, -0.05) is 19.9 Å². The number of likely N-dealkylation sites (N-methyl/N-ethyl adjacent to an activating group) is 1. The number of carbonyl (C=O) groups excluding carboxylic acids is 2. The Morgan fingerprint density at radius 2 is 1.96 bits per heavy atom. The summed E-state index contributed by atoms with van der Waals surface area (Å²) in [6.45, 7) is 9.67. The van der Waals surface area contributed by atoms with Gasteiger partial charge in [-0.05, 0) is 69.1 Å². The van der Waals surface area contributed by atoms with Gasteiger partial charge in [-0.15, -0.1) is 0 Å². The summed E-state index contributed by atoms with van der Waals surface area (Å²) in [5.41, 5.74) is 1.50. The Kier molecular flexibility index (Phi) is 6.50. The Morgan fingerprint density at radius 3 is 2.67 bits per heavy atom. The second kappa shape index (κ2) is 8.85. The number of anilines is 1. The van der Waals surface area contributed by atoms with E-state index in [4.69, 9.17) is 0 Å². The van der Waals surface area contributed by atoms with Gasteiger partial charge in [0, 0.05) is 30.3 Å². The van der Waals surface area contributed by atoms with Crippen LogP contribution in [0.3, 0.4) is 0 Å². The summed E-state index contributed by atoms with van der Waals surface area (Å²) in [4.78, 5) is 27.3. The topological polar surface area (TPSA) is 73.5 Å². The minimum Gasteiger partial charge on any atom is -0.351 e. The Morgan fingerprint density at radius 1 is 1.22 bits per heavy atom. The van der Waals surface area contributed by atoms with Crippen molar-refractivity contribution in [3.05, 3.63) is 29.8 Å². The zero-order valence-corrected chi connectivity index (χ0v) is 16.5. The maximum Gasteiger partial charge on any atom is 0.251 e. The number of nitrogens with one attached hydrogen (secondary N) is 3. The van der Waals surface area contributed by atoms with Crippen molar-refractivity contribution in [1.29, 1.82) is 0 Å². The van der Waals surface area contributed by atoms with E-state index in [0.717, 1.165) is 52.0 Å². The summed E-state index contributed by atoms with van der Waals surface area (Å²) in [5.74, 6) is 0.113. The van der Waals surface area contributed by atoms with E-state index < -0.39 is 0 Å². The van der Waals surface area contributed by atoms with Crippen LogP contribution in [0.4, 0.5) is 5.69 Å². The van der Waals surface area contributed by atoms with Crippen molar-refractivity contribution in [2.45, 2.75) is 33.1 Å². The highest BCUT2D eigenvalue weighted by molar-refractivity contribution is 5.98.